The number of carboxylic acids is 1. The van der Waals surface area contributed by atoms with Crippen LogP contribution in [0.3, 0.4) is 0 Å². The van der Waals surface area contributed by atoms with Gasteiger partial charge >= 0.3 is 5.97 Å². The number of carboxylic acid groups (broad SMARTS) is 1. The molecule has 0 aliphatic heterocycles. The van der Waals surface area contributed by atoms with Crippen LogP contribution in [0.2, 0.25) is 0 Å². The molecular formula is C16H16N2O5S3. The van der Waals surface area contributed by atoms with Gasteiger partial charge < -0.3 is 10.4 Å². The minimum Gasteiger partial charge on any atom is -0.480 e. The number of carbonyl (C=O) groups is 2. The van der Waals surface area contributed by atoms with Crippen LogP contribution in [0.1, 0.15) is 17.3 Å². The standard InChI is InChI=1S/C16H16N2O5S3/c1-10(16(20)21)24-25-14-5-3-2-4-13(14)15(19)18-11-6-8-12(9-7-11)26(17,22)23/h2-10H,1H3,(H,18,19)(H,20,21)(H2,17,22,23). The third-order valence-corrected chi connectivity index (χ3v) is 6.95. The summed E-state index contributed by atoms with van der Waals surface area (Å²) in [7, 11) is -1.45. The topological polar surface area (TPSA) is 127 Å². The number of primary sulfonamides is 1. The normalized spacial score (nSPS) is 12.4. The summed E-state index contributed by atoms with van der Waals surface area (Å²) in [6.45, 7) is 1.57. The van der Waals surface area contributed by atoms with Crippen molar-refractivity contribution in [1.82, 2.24) is 0 Å². The number of benzene rings is 2. The second kappa shape index (κ2) is 8.58. The third kappa shape index (κ3) is 5.49. The molecule has 10 heteroatoms. The molecular weight excluding hydrogens is 396 g/mol. The number of nitrogens with two attached hydrogens (primary N) is 1. The van der Waals surface area contributed by atoms with Crippen molar-refractivity contribution in [3.8, 4) is 0 Å². The van der Waals surface area contributed by atoms with Gasteiger partial charge in [-0.25, -0.2) is 13.6 Å². The van der Waals surface area contributed by atoms with Crippen LogP contribution in [0.25, 0.3) is 0 Å². The number of aliphatic carboxylic acids is 1. The molecule has 0 aromatic heterocycles. The summed E-state index contributed by atoms with van der Waals surface area (Å²) in [6, 6.07) is 12.3. The van der Waals surface area contributed by atoms with Crippen molar-refractivity contribution in [2.24, 2.45) is 5.14 Å². The van der Waals surface area contributed by atoms with Crippen LogP contribution in [0.5, 0.6) is 0 Å². The number of rotatable bonds is 7. The number of hydrogen-bond acceptors (Lipinski definition) is 6. The van der Waals surface area contributed by atoms with Crippen molar-refractivity contribution >= 4 is 49.2 Å². The van der Waals surface area contributed by atoms with Crippen molar-refractivity contribution in [2.45, 2.75) is 22.0 Å². The molecule has 0 bridgehead atoms. The van der Waals surface area contributed by atoms with Gasteiger partial charge in [0.25, 0.3) is 5.91 Å². The van der Waals surface area contributed by atoms with E-state index in [0.29, 0.717) is 16.1 Å². The van der Waals surface area contributed by atoms with Crippen LogP contribution < -0.4 is 10.5 Å². The first-order valence-electron chi connectivity index (χ1n) is 7.28. The lowest BCUT2D eigenvalue weighted by molar-refractivity contribution is -0.136. The van der Waals surface area contributed by atoms with Gasteiger partial charge in [0, 0.05) is 10.6 Å². The maximum absolute atomic E-state index is 12.5. The van der Waals surface area contributed by atoms with Crippen LogP contribution in [0.15, 0.2) is 58.3 Å². The number of hydrogen-bond donors (Lipinski definition) is 3. The first-order chi connectivity index (χ1) is 12.2. The molecule has 0 aliphatic carbocycles. The van der Waals surface area contributed by atoms with E-state index in [0.717, 1.165) is 10.8 Å². The highest BCUT2D eigenvalue weighted by molar-refractivity contribution is 8.77. The van der Waals surface area contributed by atoms with Crippen LogP contribution in [-0.2, 0) is 14.8 Å². The van der Waals surface area contributed by atoms with Gasteiger partial charge in [-0.1, -0.05) is 33.7 Å². The molecule has 0 fully saturated rings. The van der Waals surface area contributed by atoms with E-state index in [2.05, 4.69) is 5.32 Å². The van der Waals surface area contributed by atoms with E-state index < -0.39 is 21.2 Å². The maximum atomic E-state index is 12.5. The summed E-state index contributed by atoms with van der Waals surface area (Å²) in [5, 5.41) is 16.0. The van der Waals surface area contributed by atoms with E-state index in [9.17, 15) is 18.0 Å². The van der Waals surface area contributed by atoms with Crippen molar-refractivity contribution in [3.05, 3.63) is 54.1 Å². The molecule has 0 saturated heterocycles. The second-order valence-electron chi connectivity index (χ2n) is 5.18. The number of nitrogens with one attached hydrogen (secondary N) is 1. The molecule has 2 aromatic carbocycles. The fourth-order valence-corrected chi connectivity index (χ4v) is 4.48. The van der Waals surface area contributed by atoms with Gasteiger partial charge in [0.2, 0.25) is 10.0 Å². The molecule has 26 heavy (non-hydrogen) atoms. The van der Waals surface area contributed by atoms with E-state index >= 15 is 0 Å². The van der Waals surface area contributed by atoms with Crippen molar-refractivity contribution < 1.29 is 23.1 Å². The lowest BCUT2D eigenvalue weighted by Gasteiger charge is -2.11. The van der Waals surface area contributed by atoms with E-state index in [1.54, 1.807) is 31.2 Å². The predicted molar refractivity (Wildman–Crippen MR) is 103 cm³/mol. The molecule has 0 saturated carbocycles. The Morgan fingerprint density at radius 2 is 1.73 bits per heavy atom. The average molecular weight is 413 g/mol. The molecule has 0 spiro atoms. The first-order valence-corrected chi connectivity index (χ1v) is 11.0. The highest BCUT2D eigenvalue weighted by atomic mass is 33.1. The fraction of sp³-hybridized carbons (Fsp3) is 0.125. The Kier molecular flexibility index (Phi) is 6.70. The second-order valence-corrected chi connectivity index (χ2v) is 9.32. The SMILES string of the molecule is CC(SSc1ccccc1C(=O)Nc1ccc(S(N)(=O)=O)cc1)C(=O)O. The van der Waals surface area contributed by atoms with Crippen molar-refractivity contribution in [1.29, 1.82) is 0 Å². The largest absolute Gasteiger partial charge is 0.480 e. The van der Waals surface area contributed by atoms with Gasteiger partial charge in [-0.05, 0) is 43.3 Å². The molecule has 138 valence electrons. The summed E-state index contributed by atoms with van der Waals surface area (Å²) in [6.07, 6.45) is 0. The molecule has 1 unspecified atom stereocenters. The van der Waals surface area contributed by atoms with Crippen molar-refractivity contribution in [3.63, 3.8) is 0 Å². The van der Waals surface area contributed by atoms with Gasteiger partial charge in [0.05, 0.1) is 10.5 Å². The fourth-order valence-electron chi connectivity index (χ4n) is 1.82. The Bertz CT molecular complexity index is 914. The molecule has 0 aliphatic rings. The number of anilines is 1. The minimum absolute atomic E-state index is 0.0505. The Balaban J connectivity index is 2.13. The zero-order valence-corrected chi connectivity index (χ0v) is 16.0. The van der Waals surface area contributed by atoms with E-state index in [-0.39, 0.29) is 10.8 Å². The van der Waals surface area contributed by atoms with Gasteiger partial charge in [0.15, 0.2) is 0 Å². The van der Waals surface area contributed by atoms with Gasteiger partial charge in [-0.2, -0.15) is 0 Å². The Labute approximate surface area is 158 Å². The molecule has 0 heterocycles. The van der Waals surface area contributed by atoms with Crippen LogP contribution in [0, 0.1) is 0 Å². The van der Waals surface area contributed by atoms with E-state index in [1.165, 1.54) is 35.1 Å². The molecule has 2 aromatic rings. The van der Waals surface area contributed by atoms with Crippen LogP contribution in [-0.4, -0.2) is 30.7 Å². The highest BCUT2D eigenvalue weighted by Gasteiger charge is 2.16. The summed E-state index contributed by atoms with van der Waals surface area (Å²) >= 11 is 0. The van der Waals surface area contributed by atoms with E-state index in [4.69, 9.17) is 10.2 Å². The summed E-state index contributed by atoms with van der Waals surface area (Å²) in [4.78, 5) is 24.0. The van der Waals surface area contributed by atoms with Gasteiger partial charge in [-0.3, -0.25) is 9.59 Å². The number of sulfonamides is 1. The zero-order chi connectivity index (χ0) is 19.3. The van der Waals surface area contributed by atoms with E-state index in [1.807, 2.05) is 0 Å². The number of amides is 1. The quantitative estimate of drug-likeness (QED) is 0.597. The molecule has 1 amide bonds. The molecule has 0 radical (unpaired) electrons. The molecule has 1 atom stereocenters. The predicted octanol–water partition coefficient (Wildman–Crippen LogP) is 2.80. The third-order valence-electron chi connectivity index (χ3n) is 3.20. The Morgan fingerprint density at radius 3 is 2.31 bits per heavy atom. The summed E-state index contributed by atoms with van der Waals surface area (Å²) in [5.41, 5.74) is 0.798. The smallest absolute Gasteiger partial charge is 0.317 e. The van der Waals surface area contributed by atoms with Gasteiger partial charge in [0.1, 0.15) is 5.25 Å². The summed E-state index contributed by atoms with van der Waals surface area (Å²) < 4.78 is 22.5. The highest BCUT2D eigenvalue weighted by Crippen LogP contribution is 2.36. The molecule has 4 N–H and O–H groups in total. The molecule has 7 nitrogen and oxygen atoms in total. The van der Waals surface area contributed by atoms with Crippen LogP contribution >= 0.6 is 21.6 Å². The first kappa shape index (κ1) is 20.3. The Hall–Kier alpha value is -2.01. The monoisotopic (exact) mass is 412 g/mol. The van der Waals surface area contributed by atoms with Gasteiger partial charge in [-0.15, -0.1) is 0 Å². The zero-order valence-electron chi connectivity index (χ0n) is 13.6. The lowest BCUT2D eigenvalue weighted by Crippen LogP contribution is -2.14. The van der Waals surface area contributed by atoms with Crippen LogP contribution in [0.4, 0.5) is 5.69 Å². The van der Waals surface area contributed by atoms with Crippen molar-refractivity contribution in [2.75, 3.05) is 5.32 Å². The lowest BCUT2D eigenvalue weighted by atomic mass is 10.2. The number of carbonyl (C=O) groups excluding carboxylic acids is 1. The average Bonchev–Trinajstić information content (AvgIpc) is 2.59. The molecule has 2 rings (SSSR count). The maximum Gasteiger partial charge on any atom is 0.317 e. The minimum atomic E-state index is -3.80. The Morgan fingerprint density at radius 1 is 1.12 bits per heavy atom. The summed E-state index contributed by atoms with van der Waals surface area (Å²) in [5.74, 6) is -1.32.